The Balaban J connectivity index is 2.28. The summed E-state index contributed by atoms with van der Waals surface area (Å²) in [6, 6.07) is 5.47. The zero-order chi connectivity index (χ0) is 17.0. The number of alkyl halides is 4. The average Bonchev–Trinajstić information content (AvgIpc) is 2.98. The maximum absolute atomic E-state index is 12.6. The summed E-state index contributed by atoms with van der Waals surface area (Å²) < 4.78 is 43.6. The summed E-state index contributed by atoms with van der Waals surface area (Å²) in [5.74, 6) is 0.0585. The number of hydrogen-bond acceptors (Lipinski definition) is 3. The third-order valence-corrected chi connectivity index (χ3v) is 3.18. The number of amides is 1. The van der Waals surface area contributed by atoms with Gasteiger partial charge in [0.1, 0.15) is 0 Å². The predicted molar refractivity (Wildman–Crippen MR) is 78.8 cm³/mol. The molecular formula is C14H13ClF3N3O2. The number of carbonyl (C=O) groups is 1. The van der Waals surface area contributed by atoms with Crippen molar-refractivity contribution in [2.45, 2.75) is 19.0 Å². The summed E-state index contributed by atoms with van der Waals surface area (Å²) in [6.07, 6.45) is -3.94. The second-order valence-corrected chi connectivity index (χ2v) is 4.73. The van der Waals surface area contributed by atoms with Crippen LogP contribution in [0.5, 0.6) is 0 Å². The summed E-state index contributed by atoms with van der Waals surface area (Å²) in [6.45, 7) is 1.88. The zero-order valence-corrected chi connectivity index (χ0v) is 12.8. The molecule has 23 heavy (non-hydrogen) atoms. The van der Waals surface area contributed by atoms with Crippen LogP contribution < -0.4 is 5.32 Å². The highest BCUT2D eigenvalue weighted by Gasteiger charge is 2.33. The number of ether oxygens (including phenoxy) is 1. The molecule has 0 fully saturated rings. The molecule has 1 aromatic carbocycles. The Labute approximate surface area is 135 Å². The van der Waals surface area contributed by atoms with E-state index in [0.29, 0.717) is 16.9 Å². The van der Waals surface area contributed by atoms with Gasteiger partial charge in [-0.25, -0.2) is 9.48 Å². The first-order valence-electron chi connectivity index (χ1n) is 6.61. The number of nitrogens with zero attached hydrogens (tertiary/aromatic N) is 2. The van der Waals surface area contributed by atoms with Gasteiger partial charge in [-0.1, -0.05) is 0 Å². The maximum Gasteiger partial charge on any atom is 0.435 e. The lowest BCUT2D eigenvalue weighted by Gasteiger charge is -2.11. The number of carbonyl (C=O) groups excluding carboxylic acids is 1. The average molecular weight is 348 g/mol. The lowest BCUT2D eigenvalue weighted by atomic mass is 10.2. The number of aromatic nitrogens is 2. The fourth-order valence-electron chi connectivity index (χ4n) is 1.85. The van der Waals surface area contributed by atoms with E-state index in [0.717, 1.165) is 10.7 Å². The van der Waals surface area contributed by atoms with E-state index in [1.165, 1.54) is 18.3 Å². The van der Waals surface area contributed by atoms with Gasteiger partial charge in [0.05, 0.1) is 12.3 Å². The van der Waals surface area contributed by atoms with E-state index in [4.69, 9.17) is 16.3 Å². The van der Waals surface area contributed by atoms with Gasteiger partial charge in [-0.2, -0.15) is 18.3 Å². The molecule has 5 nitrogen and oxygen atoms in total. The van der Waals surface area contributed by atoms with Crippen LogP contribution in [0.1, 0.15) is 18.2 Å². The van der Waals surface area contributed by atoms with E-state index in [9.17, 15) is 18.0 Å². The minimum atomic E-state index is -4.51. The van der Waals surface area contributed by atoms with Crippen LogP contribution in [0.15, 0.2) is 30.5 Å². The van der Waals surface area contributed by atoms with E-state index >= 15 is 0 Å². The van der Waals surface area contributed by atoms with Gasteiger partial charge in [-0.05, 0) is 36.8 Å². The standard InChI is InChI=1S/C14H13ClF3N3O2/c1-2-23-13(22)19-11-4-3-10(7-9(11)8-15)21-6-5-12(20-21)14(16,17)18/h3-7H,2,8H2,1H3,(H,19,22). The van der Waals surface area contributed by atoms with Crippen molar-refractivity contribution in [2.75, 3.05) is 11.9 Å². The Kier molecular flexibility index (Phi) is 5.15. The first-order valence-corrected chi connectivity index (χ1v) is 7.14. The molecule has 1 heterocycles. The van der Waals surface area contributed by atoms with Crippen LogP contribution in [-0.2, 0) is 16.8 Å². The molecule has 1 amide bonds. The van der Waals surface area contributed by atoms with E-state index in [2.05, 4.69) is 10.4 Å². The highest BCUT2D eigenvalue weighted by Crippen LogP contribution is 2.28. The van der Waals surface area contributed by atoms with Crippen LogP contribution in [0.4, 0.5) is 23.7 Å². The highest BCUT2D eigenvalue weighted by molar-refractivity contribution is 6.17. The number of benzene rings is 1. The smallest absolute Gasteiger partial charge is 0.435 e. The van der Waals surface area contributed by atoms with Gasteiger partial charge in [0.25, 0.3) is 0 Å². The van der Waals surface area contributed by atoms with E-state index in [1.807, 2.05) is 0 Å². The first-order chi connectivity index (χ1) is 10.8. The van der Waals surface area contributed by atoms with Gasteiger partial charge < -0.3 is 4.74 Å². The van der Waals surface area contributed by atoms with Crippen molar-refractivity contribution in [1.29, 1.82) is 0 Å². The summed E-state index contributed by atoms with van der Waals surface area (Å²) in [4.78, 5) is 11.4. The highest BCUT2D eigenvalue weighted by atomic mass is 35.5. The molecule has 0 aliphatic heterocycles. The summed E-state index contributed by atoms with van der Waals surface area (Å²) in [5.41, 5.74) is 0.357. The second kappa shape index (κ2) is 6.91. The molecule has 2 rings (SSSR count). The molecule has 2 aromatic rings. The first kappa shape index (κ1) is 17.1. The number of hydrogen-bond donors (Lipinski definition) is 1. The lowest BCUT2D eigenvalue weighted by molar-refractivity contribution is -0.141. The van der Waals surface area contributed by atoms with Crippen LogP contribution in [0.3, 0.4) is 0 Å². The van der Waals surface area contributed by atoms with Crippen LogP contribution >= 0.6 is 11.6 Å². The number of rotatable bonds is 4. The fraction of sp³-hybridized carbons (Fsp3) is 0.286. The molecule has 0 aliphatic carbocycles. The molecule has 0 atom stereocenters. The van der Waals surface area contributed by atoms with Crippen molar-refractivity contribution >= 4 is 23.4 Å². The predicted octanol–water partition coefficient (Wildman–Crippen LogP) is 4.20. The summed E-state index contributed by atoms with van der Waals surface area (Å²) in [7, 11) is 0. The normalized spacial score (nSPS) is 11.3. The van der Waals surface area contributed by atoms with Gasteiger partial charge in [0.15, 0.2) is 5.69 Å². The molecule has 1 aromatic heterocycles. The van der Waals surface area contributed by atoms with Crippen LogP contribution in [0.2, 0.25) is 0 Å². The topological polar surface area (TPSA) is 56.1 Å². The lowest BCUT2D eigenvalue weighted by Crippen LogP contribution is -2.14. The molecule has 9 heteroatoms. The fourth-order valence-corrected chi connectivity index (χ4v) is 2.07. The minimum Gasteiger partial charge on any atom is -0.450 e. The molecule has 1 N–H and O–H groups in total. The molecule has 0 bridgehead atoms. The Bertz CT molecular complexity index is 701. The largest absolute Gasteiger partial charge is 0.450 e. The summed E-state index contributed by atoms with van der Waals surface area (Å²) >= 11 is 5.83. The van der Waals surface area contributed by atoms with Gasteiger partial charge in [-0.15, -0.1) is 11.6 Å². The SMILES string of the molecule is CCOC(=O)Nc1ccc(-n2ccc(C(F)(F)F)n2)cc1CCl. The molecule has 0 spiro atoms. The molecule has 0 saturated carbocycles. The van der Waals surface area contributed by atoms with Crippen molar-refractivity contribution in [3.8, 4) is 5.69 Å². The second-order valence-electron chi connectivity index (χ2n) is 4.46. The van der Waals surface area contributed by atoms with Crippen LogP contribution in [-0.4, -0.2) is 22.5 Å². The molecule has 124 valence electrons. The van der Waals surface area contributed by atoms with Crippen molar-refractivity contribution < 1.29 is 22.7 Å². The Morgan fingerprint density at radius 1 is 1.39 bits per heavy atom. The van der Waals surface area contributed by atoms with Gasteiger partial charge in [-0.3, -0.25) is 5.32 Å². The molecule has 0 unspecified atom stereocenters. The quantitative estimate of drug-likeness (QED) is 0.843. The Morgan fingerprint density at radius 3 is 2.70 bits per heavy atom. The number of nitrogens with one attached hydrogen (secondary N) is 1. The molecule has 0 saturated heterocycles. The Hall–Kier alpha value is -2.22. The van der Waals surface area contributed by atoms with Crippen LogP contribution in [0.25, 0.3) is 5.69 Å². The molecule has 0 radical (unpaired) electrons. The third-order valence-electron chi connectivity index (χ3n) is 2.89. The van der Waals surface area contributed by atoms with Gasteiger partial charge in [0, 0.05) is 17.8 Å². The van der Waals surface area contributed by atoms with Gasteiger partial charge >= 0.3 is 12.3 Å². The monoisotopic (exact) mass is 347 g/mol. The van der Waals surface area contributed by atoms with Gasteiger partial charge in [0.2, 0.25) is 0 Å². The van der Waals surface area contributed by atoms with Crippen molar-refractivity contribution in [1.82, 2.24) is 9.78 Å². The summed E-state index contributed by atoms with van der Waals surface area (Å²) in [5, 5.41) is 6.00. The molecular weight excluding hydrogens is 335 g/mol. The van der Waals surface area contributed by atoms with E-state index in [-0.39, 0.29) is 12.5 Å². The van der Waals surface area contributed by atoms with Crippen LogP contribution in [0, 0.1) is 0 Å². The van der Waals surface area contributed by atoms with E-state index < -0.39 is 18.0 Å². The van der Waals surface area contributed by atoms with E-state index in [1.54, 1.807) is 13.0 Å². The third kappa shape index (κ3) is 4.16. The van der Waals surface area contributed by atoms with Crippen molar-refractivity contribution in [2.24, 2.45) is 0 Å². The zero-order valence-electron chi connectivity index (χ0n) is 12.0. The number of halogens is 4. The Morgan fingerprint density at radius 2 is 2.13 bits per heavy atom. The van der Waals surface area contributed by atoms with Crippen molar-refractivity contribution in [3.63, 3.8) is 0 Å². The molecule has 0 aliphatic rings. The van der Waals surface area contributed by atoms with Crippen molar-refractivity contribution in [3.05, 3.63) is 41.7 Å². The maximum atomic E-state index is 12.6. The number of anilines is 1. The minimum absolute atomic E-state index is 0.0585.